The lowest BCUT2D eigenvalue weighted by molar-refractivity contribution is 0.420. The van der Waals surface area contributed by atoms with Gasteiger partial charge in [0, 0.05) is 0 Å². The summed E-state index contributed by atoms with van der Waals surface area (Å²) in [7, 11) is -4.12. The van der Waals surface area contributed by atoms with E-state index >= 15 is 0 Å². The van der Waals surface area contributed by atoms with E-state index in [-0.39, 0.29) is 4.90 Å². The highest BCUT2D eigenvalue weighted by atomic mass is 32.2. The highest BCUT2D eigenvalue weighted by Gasteiger charge is 2.19. The quantitative estimate of drug-likeness (QED) is 0.768. The summed E-state index contributed by atoms with van der Waals surface area (Å²) in [4.78, 5) is -0.0567. The van der Waals surface area contributed by atoms with Gasteiger partial charge in [0.15, 0.2) is 0 Å². The third-order valence-corrected chi connectivity index (χ3v) is 5.52. The number of hydrogen-bond acceptors (Lipinski definition) is 2. The number of hydrogen-bond donors (Lipinski definition) is 1. The first-order valence-electron chi connectivity index (χ1n) is 7.91. The van der Waals surface area contributed by atoms with Gasteiger partial charge in [-0.05, 0) is 47.4 Å². The van der Waals surface area contributed by atoms with Crippen LogP contribution in [0.5, 0.6) is 0 Å². The van der Waals surface area contributed by atoms with E-state index in [4.69, 9.17) is 4.55 Å². The monoisotopic (exact) mass is 332 g/mol. The Morgan fingerprint density at radius 3 is 1.96 bits per heavy atom. The van der Waals surface area contributed by atoms with Gasteiger partial charge in [-0.3, -0.25) is 4.55 Å². The zero-order valence-electron chi connectivity index (χ0n) is 13.8. The molecule has 0 saturated carbocycles. The van der Waals surface area contributed by atoms with E-state index < -0.39 is 10.1 Å². The van der Waals surface area contributed by atoms with Crippen molar-refractivity contribution in [3.05, 3.63) is 65.7 Å². The van der Waals surface area contributed by atoms with Gasteiger partial charge >= 0.3 is 0 Å². The first-order valence-corrected chi connectivity index (χ1v) is 9.35. The van der Waals surface area contributed by atoms with Crippen molar-refractivity contribution in [3.8, 4) is 0 Å². The van der Waals surface area contributed by atoms with E-state index in [0.29, 0.717) is 17.8 Å². The van der Waals surface area contributed by atoms with Crippen molar-refractivity contribution in [2.45, 2.75) is 43.9 Å². The molecule has 0 amide bonds. The fourth-order valence-corrected chi connectivity index (χ4v) is 3.43. The molecule has 4 heteroatoms. The SMILES string of the molecule is CC(CC(C)C(C)c1ccc(S(=O)(=O)O)cc1)c1ccccc1. The largest absolute Gasteiger partial charge is 0.294 e. The van der Waals surface area contributed by atoms with E-state index in [1.54, 1.807) is 12.1 Å². The minimum atomic E-state index is -4.12. The Balaban J connectivity index is 2.06. The minimum Gasteiger partial charge on any atom is -0.282 e. The third kappa shape index (κ3) is 4.66. The van der Waals surface area contributed by atoms with E-state index in [0.717, 1.165) is 12.0 Å². The van der Waals surface area contributed by atoms with Crippen LogP contribution in [-0.4, -0.2) is 13.0 Å². The van der Waals surface area contributed by atoms with E-state index in [1.165, 1.54) is 17.7 Å². The first kappa shape index (κ1) is 17.7. The summed E-state index contributed by atoms with van der Waals surface area (Å²) in [6.45, 7) is 6.62. The highest BCUT2D eigenvalue weighted by molar-refractivity contribution is 7.85. The molecule has 0 spiro atoms. The van der Waals surface area contributed by atoms with Gasteiger partial charge in [0.1, 0.15) is 0 Å². The molecular formula is C19H24O3S. The predicted molar refractivity (Wildman–Crippen MR) is 93.3 cm³/mol. The molecule has 0 heterocycles. The van der Waals surface area contributed by atoms with Crippen molar-refractivity contribution >= 4 is 10.1 Å². The maximum absolute atomic E-state index is 11.1. The Morgan fingerprint density at radius 2 is 1.43 bits per heavy atom. The predicted octanol–water partition coefficient (Wildman–Crippen LogP) is 4.87. The fraction of sp³-hybridized carbons (Fsp3) is 0.368. The Hall–Kier alpha value is -1.65. The summed E-state index contributed by atoms with van der Waals surface area (Å²) in [6, 6.07) is 17.0. The molecule has 0 bridgehead atoms. The second-order valence-electron chi connectivity index (χ2n) is 6.36. The van der Waals surface area contributed by atoms with Crippen molar-refractivity contribution in [1.82, 2.24) is 0 Å². The maximum Gasteiger partial charge on any atom is 0.294 e. The molecule has 2 aromatic rings. The summed E-state index contributed by atoms with van der Waals surface area (Å²) in [5.74, 6) is 1.25. The Labute approximate surface area is 139 Å². The molecule has 0 radical (unpaired) electrons. The van der Waals surface area contributed by atoms with Crippen molar-refractivity contribution in [1.29, 1.82) is 0 Å². The van der Waals surface area contributed by atoms with Gasteiger partial charge in [-0.2, -0.15) is 8.42 Å². The molecule has 3 nitrogen and oxygen atoms in total. The maximum atomic E-state index is 11.1. The molecule has 2 rings (SSSR count). The molecule has 3 atom stereocenters. The normalized spacial score (nSPS) is 15.8. The third-order valence-electron chi connectivity index (χ3n) is 4.65. The second kappa shape index (κ2) is 7.28. The lowest BCUT2D eigenvalue weighted by Gasteiger charge is -2.24. The van der Waals surface area contributed by atoms with Gasteiger partial charge in [-0.1, -0.05) is 63.2 Å². The molecule has 3 unspecified atom stereocenters. The van der Waals surface area contributed by atoms with Crippen LogP contribution in [0.15, 0.2) is 59.5 Å². The molecule has 0 aliphatic heterocycles. The summed E-state index contributed by atoms with van der Waals surface area (Å²) >= 11 is 0. The van der Waals surface area contributed by atoms with Crippen LogP contribution in [0.3, 0.4) is 0 Å². The number of rotatable bonds is 6. The van der Waals surface area contributed by atoms with Crippen LogP contribution in [0.4, 0.5) is 0 Å². The second-order valence-corrected chi connectivity index (χ2v) is 7.78. The highest BCUT2D eigenvalue weighted by Crippen LogP contribution is 2.32. The Kier molecular flexibility index (Phi) is 5.60. The van der Waals surface area contributed by atoms with Crippen LogP contribution < -0.4 is 0 Å². The van der Waals surface area contributed by atoms with Crippen LogP contribution in [0.1, 0.15) is 50.2 Å². The van der Waals surface area contributed by atoms with Crippen LogP contribution in [0, 0.1) is 5.92 Å². The Bertz CT molecular complexity index is 721. The molecular weight excluding hydrogens is 308 g/mol. The molecule has 0 saturated heterocycles. The molecule has 0 aliphatic carbocycles. The fourth-order valence-electron chi connectivity index (χ4n) is 2.95. The van der Waals surface area contributed by atoms with E-state index in [2.05, 4.69) is 45.0 Å². The van der Waals surface area contributed by atoms with Crippen molar-refractivity contribution < 1.29 is 13.0 Å². The van der Waals surface area contributed by atoms with Gasteiger partial charge in [0.2, 0.25) is 0 Å². The average molecular weight is 332 g/mol. The van der Waals surface area contributed by atoms with Gasteiger partial charge in [-0.15, -0.1) is 0 Å². The van der Waals surface area contributed by atoms with Crippen LogP contribution >= 0.6 is 0 Å². The summed E-state index contributed by atoms with van der Waals surface area (Å²) in [5, 5.41) is 0. The molecule has 0 fully saturated rings. The molecule has 0 aliphatic rings. The molecule has 124 valence electrons. The zero-order chi connectivity index (χ0) is 17.0. The van der Waals surface area contributed by atoms with E-state index in [1.807, 2.05) is 6.07 Å². The minimum absolute atomic E-state index is 0.0567. The topological polar surface area (TPSA) is 54.4 Å². The van der Waals surface area contributed by atoms with Gasteiger partial charge in [0.25, 0.3) is 10.1 Å². The van der Waals surface area contributed by atoms with Gasteiger partial charge < -0.3 is 0 Å². The standard InChI is InChI=1S/C19H24O3S/c1-14(13-15(2)17-7-5-4-6-8-17)16(3)18-9-11-19(12-10-18)23(20,21)22/h4-12,14-16H,13H2,1-3H3,(H,20,21,22). The van der Waals surface area contributed by atoms with Crippen molar-refractivity contribution in [2.24, 2.45) is 5.92 Å². The van der Waals surface area contributed by atoms with Gasteiger partial charge in [0.05, 0.1) is 4.90 Å². The smallest absolute Gasteiger partial charge is 0.282 e. The molecule has 23 heavy (non-hydrogen) atoms. The van der Waals surface area contributed by atoms with Crippen molar-refractivity contribution in [2.75, 3.05) is 0 Å². The molecule has 0 aromatic heterocycles. The summed E-state index contributed by atoms with van der Waals surface area (Å²) in [5.41, 5.74) is 2.43. The van der Waals surface area contributed by atoms with Crippen LogP contribution in [-0.2, 0) is 10.1 Å². The first-order chi connectivity index (χ1) is 10.8. The number of benzene rings is 2. The average Bonchev–Trinajstić information content (AvgIpc) is 2.54. The zero-order valence-corrected chi connectivity index (χ0v) is 14.6. The van der Waals surface area contributed by atoms with E-state index in [9.17, 15) is 8.42 Å². The Morgan fingerprint density at radius 1 is 0.870 bits per heavy atom. The van der Waals surface area contributed by atoms with Crippen LogP contribution in [0.2, 0.25) is 0 Å². The lowest BCUT2D eigenvalue weighted by Crippen LogP contribution is -2.10. The van der Waals surface area contributed by atoms with Crippen LogP contribution in [0.25, 0.3) is 0 Å². The lowest BCUT2D eigenvalue weighted by atomic mass is 9.81. The summed E-state index contributed by atoms with van der Waals surface area (Å²) < 4.78 is 31.3. The molecule has 2 aromatic carbocycles. The molecule has 1 N–H and O–H groups in total. The summed E-state index contributed by atoms with van der Waals surface area (Å²) in [6.07, 6.45) is 1.06. The van der Waals surface area contributed by atoms with Gasteiger partial charge in [-0.25, -0.2) is 0 Å². The van der Waals surface area contributed by atoms with Crippen molar-refractivity contribution in [3.63, 3.8) is 0 Å².